The summed E-state index contributed by atoms with van der Waals surface area (Å²) in [6.07, 6.45) is 1.25. The monoisotopic (exact) mass is 366 g/mol. The Bertz CT molecular complexity index is 854. The first-order valence-corrected chi connectivity index (χ1v) is 9.52. The van der Waals surface area contributed by atoms with E-state index in [1.807, 2.05) is 60.8 Å². The smallest absolute Gasteiger partial charge is 0.230 e. The molecule has 0 aliphatic rings. The third-order valence-corrected chi connectivity index (χ3v) is 4.84. The number of carbonyl (C=O) groups excluding carboxylic acids is 1. The second kappa shape index (κ2) is 8.63. The Morgan fingerprint density at radius 3 is 2.54 bits per heavy atom. The van der Waals surface area contributed by atoms with E-state index in [2.05, 4.69) is 17.2 Å². The van der Waals surface area contributed by atoms with Gasteiger partial charge in [0.1, 0.15) is 17.4 Å². The molecule has 0 spiro atoms. The fourth-order valence-corrected chi connectivity index (χ4v) is 3.17. The van der Waals surface area contributed by atoms with Crippen LogP contribution in [0.5, 0.6) is 5.75 Å². The number of nitrogens with zero attached hydrogens (tertiary/aromatic N) is 1. The Labute approximate surface area is 157 Å². The van der Waals surface area contributed by atoms with Crippen molar-refractivity contribution in [1.29, 1.82) is 0 Å². The van der Waals surface area contributed by atoms with E-state index in [0.717, 1.165) is 28.6 Å². The van der Waals surface area contributed by atoms with Crippen molar-refractivity contribution in [3.63, 3.8) is 0 Å². The number of benzene rings is 2. The largest absolute Gasteiger partial charge is 0.486 e. The highest BCUT2D eigenvalue weighted by Gasteiger charge is 2.09. The zero-order valence-electron chi connectivity index (χ0n) is 15.0. The molecule has 0 aliphatic carbocycles. The summed E-state index contributed by atoms with van der Waals surface area (Å²) in [6, 6.07) is 15.8. The molecule has 0 atom stereocenters. The summed E-state index contributed by atoms with van der Waals surface area (Å²) < 4.78 is 5.73. The van der Waals surface area contributed by atoms with E-state index in [1.54, 1.807) is 0 Å². The van der Waals surface area contributed by atoms with Crippen LogP contribution in [0.2, 0.25) is 0 Å². The summed E-state index contributed by atoms with van der Waals surface area (Å²) >= 11 is 1.51. The summed E-state index contributed by atoms with van der Waals surface area (Å²) in [7, 11) is 0. The average molecular weight is 366 g/mol. The number of nitrogens with one attached hydrogen (secondary N) is 1. The van der Waals surface area contributed by atoms with Crippen LogP contribution in [0.3, 0.4) is 0 Å². The van der Waals surface area contributed by atoms with E-state index < -0.39 is 0 Å². The van der Waals surface area contributed by atoms with Gasteiger partial charge in [-0.15, -0.1) is 11.3 Å². The van der Waals surface area contributed by atoms with Crippen LogP contribution in [0.4, 0.5) is 5.69 Å². The minimum atomic E-state index is -0.0643. The fourth-order valence-electron chi connectivity index (χ4n) is 2.47. The zero-order chi connectivity index (χ0) is 18.4. The normalized spacial score (nSPS) is 10.5. The van der Waals surface area contributed by atoms with Crippen molar-refractivity contribution >= 4 is 22.9 Å². The molecule has 0 saturated carbocycles. The van der Waals surface area contributed by atoms with Gasteiger partial charge in [-0.2, -0.15) is 0 Å². The number of rotatable bonds is 7. The first-order chi connectivity index (χ1) is 12.6. The maximum atomic E-state index is 12.2. The Kier molecular flexibility index (Phi) is 6.02. The van der Waals surface area contributed by atoms with Crippen molar-refractivity contribution in [1.82, 2.24) is 4.98 Å². The number of thiazole rings is 1. The van der Waals surface area contributed by atoms with Crippen molar-refractivity contribution in [2.24, 2.45) is 0 Å². The lowest BCUT2D eigenvalue weighted by atomic mass is 10.1. The lowest BCUT2D eigenvalue weighted by Crippen LogP contribution is -2.14. The Morgan fingerprint density at radius 1 is 1.12 bits per heavy atom. The number of hydrogen-bond donors (Lipinski definition) is 1. The average Bonchev–Trinajstić information content (AvgIpc) is 3.09. The molecule has 5 heteroatoms. The van der Waals surface area contributed by atoms with Gasteiger partial charge in [-0.05, 0) is 43.2 Å². The molecular weight excluding hydrogens is 344 g/mol. The van der Waals surface area contributed by atoms with Crippen molar-refractivity contribution < 1.29 is 9.53 Å². The van der Waals surface area contributed by atoms with Gasteiger partial charge in [0.15, 0.2) is 0 Å². The van der Waals surface area contributed by atoms with Crippen LogP contribution >= 0.6 is 11.3 Å². The molecule has 26 heavy (non-hydrogen) atoms. The molecule has 4 nitrogen and oxygen atoms in total. The standard InChI is InChI=1S/C21H22N2O2S/c1-3-16-6-8-17(9-7-16)22-20(24)12-18-14-26-21(23-18)13-25-19-10-4-15(2)5-11-19/h4-11,14H,3,12-13H2,1-2H3,(H,22,24). The molecule has 0 bridgehead atoms. The van der Waals surface area contributed by atoms with Gasteiger partial charge < -0.3 is 10.1 Å². The minimum Gasteiger partial charge on any atom is -0.486 e. The van der Waals surface area contributed by atoms with Crippen LogP contribution in [0.15, 0.2) is 53.9 Å². The van der Waals surface area contributed by atoms with Gasteiger partial charge in [-0.1, -0.05) is 36.8 Å². The molecule has 1 N–H and O–H groups in total. The lowest BCUT2D eigenvalue weighted by molar-refractivity contribution is -0.115. The minimum absolute atomic E-state index is 0.0643. The molecule has 0 aliphatic heterocycles. The van der Waals surface area contributed by atoms with Crippen molar-refractivity contribution in [2.45, 2.75) is 33.3 Å². The molecule has 0 unspecified atom stereocenters. The van der Waals surface area contributed by atoms with Crippen molar-refractivity contribution in [3.05, 3.63) is 75.7 Å². The summed E-state index contributed by atoms with van der Waals surface area (Å²) in [6.45, 7) is 4.56. The van der Waals surface area contributed by atoms with Crippen molar-refractivity contribution in [2.75, 3.05) is 5.32 Å². The molecule has 0 radical (unpaired) electrons. The van der Waals surface area contributed by atoms with E-state index >= 15 is 0 Å². The highest BCUT2D eigenvalue weighted by atomic mass is 32.1. The van der Waals surface area contributed by atoms with Crippen LogP contribution in [0.25, 0.3) is 0 Å². The highest BCUT2D eigenvalue weighted by molar-refractivity contribution is 7.09. The van der Waals surface area contributed by atoms with Crippen molar-refractivity contribution in [3.8, 4) is 5.75 Å². The second-order valence-corrected chi connectivity index (χ2v) is 7.05. The third kappa shape index (κ3) is 5.17. The predicted molar refractivity (Wildman–Crippen MR) is 106 cm³/mol. The maximum Gasteiger partial charge on any atom is 0.230 e. The molecule has 1 amide bonds. The van der Waals surface area contributed by atoms with Crippen LogP contribution in [0, 0.1) is 6.92 Å². The van der Waals surface area contributed by atoms with Gasteiger partial charge in [0.25, 0.3) is 0 Å². The third-order valence-electron chi connectivity index (χ3n) is 3.97. The number of amides is 1. The van der Waals surface area contributed by atoms with Gasteiger partial charge in [0.2, 0.25) is 5.91 Å². The van der Waals surface area contributed by atoms with Gasteiger partial charge in [-0.3, -0.25) is 4.79 Å². The molecule has 134 valence electrons. The molecule has 1 aromatic heterocycles. The van der Waals surface area contributed by atoms with Crippen LogP contribution in [-0.2, 0) is 24.2 Å². The predicted octanol–water partition coefficient (Wildman–Crippen LogP) is 4.77. The van der Waals surface area contributed by atoms with Crippen LogP contribution in [0.1, 0.15) is 28.8 Å². The van der Waals surface area contributed by atoms with Gasteiger partial charge in [0, 0.05) is 11.1 Å². The summed E-state index contributed by atoms with van der Waals surface area (Å²) in [4.78, 5) is 16.7. The Hall–Kier alpha value is -2.66. The van der Waals surface area contributed by atoms with Gasteiger partial charge >= 0.3 is 0 Å². The number of aryl methyl sites for hydroxylation is 2. The lowest BCUT2D eigenvalue weighted by Gasteiger charge is -2.05. The summed E-state index contributed by atoms with van der Waals surface area (Å²) in [5.41, 5.74) is 4.02. The SMILES string of the molecule is CCc1ccc(NC(=O)Cc2csc(COc3ccc(C)cc3)n2)cc1. The molecule has 0 fully saturated rings. The molecule has 1 heterocycles. The number of anilines is 1. The number of carbonyl (C=O) groups is 1. The first kappa shape index (κ1) is 18.1. The van der Waals surface area contributed by atoms with E-state index in [9.17, 15) is 4.79 Å². The van der Waals surface area contributed by atoms with E-state index in [1.165, 1.54) is 22.5 Å². The van der Waals surface area contributed by atoms with E-state index in [-0.39, 0.29) is 12.3 Å². The fraction of sp³-hybridized carbons (Fsp3) is 0.238. The molecule has 3 aromatic rings. The quantitative estimate of drug-likeness (QED) is 0.655. The number of ether oxygens (including phenoxy) is 1. The maximum absolute atomic E-state index is 12.2. The zero-order valence-corrected chi connectivity index (χ0v) is 15.8. The molecular formula is C21H22N2O2S. The summed E-state index contributed by atoms with van der Waals surface area (Å²) in [5.74, 6) is 0.756. The number of hydrogen-bond acceptors (Lipinski definition) is 4. The highest BCUT2D eigenvalue weighted by Crippen LogP contribution is 2.17. The van der Waals surface area contributed by atoms with Crippen LogP contribution in [-0.4, -0.2) is 10.9 Å². The van der Waals surface area contributed by atoms with E-state index in [0.29, 0.717) is 6.61 Å². The van der Waals surface area contributed by atoms with Gasteiger partial charge in [0.05, 0.1) is 12.1 Å². The Morgan fingerprint density at radius 2 is 1.85 bits per heavy atom. The molecule has 0 saturated heterocycles. The first-order valence-electron chi connectivity index (χ1n) is 8.64. The van der Waals surface area contributed by atoms with E-state index in [4.69, 9.17) is 4.74 Å². The molecule has 3 rings (SSSR count). The van der Waals surface area contributed by atoms with Gasteiger partial charge in [-0.25, -0.2) is 4.98 Å². The second-order valence-electron chi connectivity index (χ2n) is 6.11. The molecule has 2 aromatic carbocycles. The summed E-state index contributed by atoms with van der Waals surface area (Å²) in [5, 5.41) is 5.68. The number of aromatic nitrogens is 1. The van der Waals surface area contributed by atoms with Crippen LogP contribution < -0.4 is 10.1 Å². The Balaban J connectivity index is 1.50. The topological polar surface area (TPSA) is 51.2 Å².